The van der Waals surface area contributed by atoms with Crippen molar-refractivity contribution in [1.82, 2.24) is 10.2 Å². The van der Waals surface area contributed by atoms with Gasteiger partial charge in [-0.25, -0.2) is 0 Å². The van der Waals surface area contributed by atoms with Crippen LogP contribution in [0.2, 0.25) is 0 Å². The highest BCUT2D eigenvalue weighted by Gasteiger charge is 2.35. The maximum absolute atomic E-state index is 12.8. The van der Waals surface area contributed by atoms with Gasteiger partial charge in [-0.3, -0.25) is 9.59 Å². The van der Waals surface area contributed by atoms with E-state index in [1.54, 1.807) is 4.90 Å². The zero-order valence-corrected chi connectivity index (χ0v) is 14.9. The number of benzene rings is 1. The Hall–Kier alpha value is -1.88. The zero-order chi connectivity index (χ0) is 17.7. The Kier molecular flexibility index (Phi) is 6.37. The van der Waals surface area contributed by atoms with Crippen LogP contribution in [0.3, 0.4) is 0 Å². The average molecular weight is 331 g/mol. The first-order valence-electron chi connectivity index (χ1n) is 8.84. The van der Waals surface area contributed by atoms with E-state index in [9.17, 15) is 9.59 Å². The van der Waals surface area contributed by atoms with Crippen molar-refractivity contribution in [2.75, 3.05) is 6.54 Å². The summed E-state index contributed by atoms with van der Waals surface area (Å²) in [5.74, 6) is -0.101. The number of nitrogens with two attached hydrogens (primary N) is 1. The Morgan fingerprint density at radius 1 is 1.29 bits per heavy atom. The van der Waals surface area contributed by atoms with Crippen molar-refractivity contribution in [3.05, 3.63) is 35.4 Å². The van der Waals surface area contributed by atoms with E-state index >= 15 is 0 Å². The molecule has 1 aromatic rings. The van der Waals surface area contributed by atoms with Gasteiger partial charge in [0.15, 0.2) is 0 Å². The Balaban J connectivity index is 2.17. The van der Waals surface area contributed by atoms with E-state index < -0.39 is 6.04 Å². The fourth-order valence-corrected chi connectivity index (χ4v) is 2.99. The third-order valence-electron chi connectivity index (χ3n) is 4.77. The summed E-state index contributed by atoms with van der Waals surface area (Å²) in [5.41, 5.74) is 8.02. The third kappa shape index (κ3) is 4.35. The van der Waals surface area contributed by atoms with Crippen molar-refractivity contribution in [3.63, 3.8) is 0 Å². The minimum atomic E-state index is -0.436. The zero-order valence-electron chi connectivity index (χ0n) is 14.9. The molecule has 1 aliphatic rings. The predicted molar refractivity (Wildman–Crippen MR) is 95.2 cm³/mol. The summed E-state index contributed by atoms with van der Waals surface area (Å²) in [4.78, 5) is 27.2. The first-order chi connectivity index (χ1) is 11.4. The second-order valence-electron chi connectivity index (χ2n) is 6.82. The summed E-state index contributed by atoms with van der Waals surface area (Å²) in [7, 11) is 0. The quantitative estimate of drug-likeness (QED) is 0.835. The van der Waals surface area contributed by atoms with Crippen LogP contribution in [0.1, 0.15) is 44.7 Å². The van der Waals surface area contributed by atoms with Crippen molar-refractivity contribution in [3.8, 4) is 0 Å². The molecule has 2 rings (SSSR count). The smallest absolute Gasteiger partial charge is 0.243 e. The fourth-order valence-electron chi connectivity index (χ4n) is 2.99. The van der Waals surface area contributed by atoms with Crippen LogP contribution in [0.5, 0.6) is 0 Å². The third-order valence-corrected chi connectivity index (χ3v) is 4.77. The van der Waals surface area contributed by atoms with Crippen LogP contribution in [-0.4, -0.2) is 35.3 Å². The van der Waals surface area contributed by atoms with Gasteiger partial charge in [0.2, 0.25) is 11.8 Å². The van der Waals surface area contributed by atoms with Crippen molar-refractivity contribution >= 4 is 11.8 Å². The van der Waals surface area contributed by atoms with Gasteiger partial charge in [-0.15, -0.1) is 0 Å². The van der Waals surface area contributed by atoms with Crippen LogP contribution in [0.4, 0.5) is 0 Å². The topological polar surface area (TPSA) is 75.4 Å². The number of hydrogen-bond acceptors (Lipinski definition) is 3. The van der Waals surface area contributed by atoms with E-state index in [1.165, 1.54) is 0 Å². The normalized spacial score (nSPS) is 19.3. The monoisotopic (exact) mass is 331 g/mol. The van der Waals surface area contributed by atoms with E-state index in [0.717, 1.165) is 24.0 Å². The lowest BCUT2D eigenvalue weighted by atomic mass is 9.92. The maximum atomic E-state index is 12.8. The molecule has 3 N–H and O–H groups in total. The highest BCUT2D eigenvalue weighted by molar-refractivity contribution is 5.89. The van der Waals surface area contributed by atoms with Gasteiger partial charge < -0.3 is 16.0 Å². The summed E-state index contributed by atoms with van der Waals surface area (Å²) in [5, 5.41) is 2.94. The van der Waals surface area contributed by atoms with E-state index in [1.807, 2.05) is 45.0 Å². The van der Waals surface area contributed by atoms with Gasteiger partial charge in [-0.1, -0.05) is 38.1 Å². The van der Waals surface area contributed by atoms with E-state index in [4.69, 9.17) is 5.73 Å². The summed E-state index contributed by atoms with van der Waals surface area (Å²) < 4.78 is 0. The molecule has 0 bridgehead atoms. The number of nitrogens with zero attached hydrogens (tertiary/aromatic N) is 1. The molecule has 1 aliphatic heterocycles. The van der Waals surface area contributed by atoms with Crippen LogP contribution in [0.15, 0.2) is 24.3 Å². The molecule has 132 valence electrons. The van der Waals surface area contributed by atoms with Crippen molar-refractivity contribution in [1.29, 1.82) is 0 Å². The number of fused-ring (bicyclic) bond motifs is 1. The van der Waals surface area contributed by atoms with E-state index in [0.29, 0.717) is 19.5 Å². The molecule has 1 aromatic carbocycles. The molecule has 0 saturated carbocycles. The van der Waals surface area contributed by atoms with Crippen molar-refractivity contribution < 1.29 is 9.59 Å². The molecule has 1 heterocycles. The lowest BCUT2D eigenvalue weighted by Gasteiger charge is -2.37. The minimum absolute atomic E-state index is 0.0511. The number of carbonyl (C=O) groups excluding carboxylic acids is 2. The highest BCUT2D eigenvalue weighted by atomic mass is 16.2. The number of rotatable bonds is 6. The Bertz CT molecular complexity index is 586. The van der Waals surface area contributed by atoms with Crippen molar-refractivity contribution in [2.45, 2.75) is 58.7 Å². The van der Waals surface area contributed by atoms with Gasteiger partial charge in [0.1, 0.15) is 6.04 Å². The molecule has 5 heteroatoms. The summed E-state index contributed by atoms with van der Waals surface area (Å²) in [6.07, 6.45) is 2.08. The SMILES string of the molecule is CCC(C)C(=O)N1Cc2ccccc2CC1C(=O)NCCC(C)N. The lowest BCUT2D eigenvalue weighted by Crippen LogP contribution is -2.54. The van der Waals surface area contributed by atoms with Crippen LogP contribution in [0.25, 0.3) is 0 Å². The molecule has 0 spiro atoms. The van der Waals surface area contributed by atoms with E-state index in [-0.39, 0.29) is 23.8 Å². The first kappa shape index (κ1) is 18.5. The largest absolute Gasteiger partial charge is 0.354 e. The number of carbonyl (C=O) groups is 2. The number of nitrogens with one attached hydrogen (secondary N) is 1. The summed E-state index contributed by atoms with van der Waals surface area (Å²) in [6, 6.07) is 7.66. The number of amides is 2. The summed E-state index contributed by atoms with van der Waals surface area (Å²) >= 11 is 0. The molecule has 0 saturated heterocycles. The molecular formula is C19H29N3O2. The van der Waals surface area contributed by atoms with Crippen LogP contribution in [-0.2, 0) is 22.6 Å². The molecule has 2 amide bonds. The second kappa shape index (κ2) is 8.29. The number of hydrogen-bond donors (Lipinski definition) is 2. The molecule has 0 fully saturated rings. The predicted octanol–water partition coefficient (Wildman–Crippen LogP) is 1.84. The highest BCUT2D eigenvalue weighted by Crippen LogP contribution is 2.25. The molecular weight excluding hydrogens is 302 g/mol. The molecule has 3 atom stereocenters. The van der Waals surface area contributed by atoms with Crippen LogP contribution in [0, 0.1) is 5.92 Å². The standard InChI is InChI=1S/C19H29N3O2/c1-4-13(2)19(24)22-12-16-8-6-5-7-15(16)11-17(22)18(23)21-10-9-14(3)20/h5-8,13-14,17H,4,9-12,20H2,1-3H3,(H,21,23). The van der Waals surface area contributed by atoms with Gasteiger partial charge in [0.25, 0.3) is 0 Å². The van der Waals surface area contributed by atoms with Crippen LogP contribution < -0.4 is 11.1 Å². The van der Waals surface area contributed by atoms with E-state index in [2.05, 4.69) is 5.32 Å². The molecule has 24 heavy (non-hydrogen) atoms. The first-order valence-corrected chi connectivity index (χ1v) is 8.84. The molecule has 0 aliphatic carbocycles. The molecule has 3 unspecified atom stereocenters. The van der Waals surface area contributed by atoms with Crippen molar-refractivity contribution in [2.24, 2.45) is 11.7 Å². The lowest BCUT2D eigenvalue weighted by molar-refractivity contribution is -0.144. The van der Waals surface area contributed by atoms with Gasteiger partial charge in [0.05, 0.1) is 0 Å². The molecule has 5 nitrogen and oxygen atoms in total. The molecule has 0 radical (unpaired) electrons. The Morgan fingerprint density at radius 3 is 2.58 bits per heavy atom. The minimum Gasteiger partial charge on any atom is -0.354 e. The maximum Gasteiger partial charge on any atom is 0.243 e. The Morgan fingerprint density at radius 2 is 1.96 bits per heavy atom. The average Bonchev–Trinajstić information content (AvgIpc) is 2.58. The second-order valence-corrected chi connectivity index (χ2v) is 6.82. The van der Waals surface area contributed by atoms with Crippen LogP contribution >= 0.6 is 0 Å². The van der Waals surface area contributed by atoms with Gasteiger partial charge in [-0.05, 0) is 30.9 Å². The van der Waals surface area contributed by atoms with Gasteiger partial charge >= 0.3 is 0 Å². The van der Waals surface area contributed by atoms with Gasteiger partial charge in [-0.2, -0.15) is 0 Å². The summed E-state index contributed by atoms with van der Waals surface area (Å²) in [6.45, 7) is 6.89. The molecule has 0 aromatic heterocycles. The Labute approximate surface area is 144 Å². The fraction of sp³-hybridized carbons (Fsp3) is 0.579. The van der Waals surface area contributed by atoms with Gasteiger partial charge in [0, 0.05) is 31.5 Å².